The highest BCUT2D eigenvalue weighted by molar-refractivity contribution is 5.85. The van der Waals surface area contributed by atoms with Gasteiger partial charge in [0.05, 0.1) is 5.52 Å². The highest BCUT2D eigenvalue weighted by Crippen LogP contribution is 2.24. The van der Waals surface area contributed by atoms with Gasteiger partial charge in [0, 0.05) is 26.3 Å². The van der Waals surface area contributed by atoms with Gasteiger partial charge in [-0.05, 0) is 25.3 Å². The molecule has 1 fully saturated rings. The van der Waals surface area contributed by atoms with E-state index in [0.717, 1.165) is 29.9 Å². The first-order chi connectivity index (χ1) is 7.86. The number of aryl methyl sites for hydroxylation is 1. The second kappa shape index (κ2) is 4.87. The van der Waals surface area contributed by atoms with E-state index in [1.165, 1.54) is 19.3 Å². The van der Waals surface area contributed by atoms with Gasteiger partial charge in [-0.1, -0.05) is 5.21 Å². The van der Waals surface area contributed by atoms with Crippen molar-refractivity contribution in [3.63, 3.8) is 0 Å². The van der Waals surface area contributed by atoms with E-state index in [1.54, 1.807) is 4.68 Å². The summed E-state index contributed by atoms with van der Waals surface area (Å²) in [6.07, 6.45) is 5.67. The third-order valence-corrected chi connectivity index (χ3v) is 3.17. The Morgan fingerprint density at radius 1 is 1.18 bits per heavy atom. The average molecular weight is 253 g/mol. The topological polar surface area (TPSA) is 46.8 Å². The number of rotatable bonds is 1. The van der Waals surface area contributed by atoms with E-state index in [0.29, 0.717) is 0 Å². The lowest BCUT2D eigenvalue weighted by molar-refractivity contribution is -0.00000346. The Hall–Kier alpha value is -1.36. The second-order valence-corrected chi connectivity index (χ2v) is 4.26. The molecule has 3 rings (SSSR count). The van der Waals surface area contributed by atoms with E-state index in [4.69, 9.17) is 0 Å². The molecular formula is C11H15ClN5-. The highest BCUT2D eigenvalue weighted by atomic mass is 35.5. The van der Waals surface area contributed by atoms with Gasteiger partial charge in [-0.2, -0.15) is 0 Å². The minimum absolute atomic E-state index is 0. The molecular weight excluding hydrogens is 238 g/mol. The van der Waals surface area contributed by atoms with Gasteiger partial charge in [0.25, 0.3) is 0 Å². The standard InChI is InChI=1S/C11H15N5.ClH/c1-15-9-5-6-12-11(10(9)13-14-15)16-7-3-2-4-8-16;/h5-6H,2-4,7-8H2,1H3;1H/p-1. The molecule has 3 heterocycles. The van der Waals surface area contributed by atoms with Gasteiger partial charge in [-0.3, -0.25) is 0 Å². The lowest BCUT2D eigenvalue weighted by Gasteiger charge is -2.27. The summed E-state index contributed by atoms with van der Waals surface area (Å²) in [5.41, 5.74) is 1.97. The van der Waals surface area contributed by atoms with E-state index < -0.39 is 0 Å². The zero-order valence-electron chi connectivity index (χ0n) is 9.80. The van der Waals surface area contributed by atoms with Crippen molar-refractivity contribution in [3.05, 3.63) is 12.3 Å². The zero-order valence-corrected chi connectivity index (χ0v) is 10.6. The molecule has 92 valence electrons. The molecule has 0 amide bonds. The van der Waals surface area contributed by atoms with E-state index in [2.05, 4.69) is 20.2 Å². The largest absolute Gasteiger partial charge is 1.00 e. The van der Waals surface area contributed by atoms with Gasteiger partial charge in [0.15, 0.2) is 11.3 Å². The molecule has 0 bridgehead atoms. The van der Waals surface area contributed by atoms with Gasteiger partial charge in [0.2, 0.25) is 0 Å². The van der Waals surface area contributed by atoms with E-state index in [1.807, 2.05) is 19.3 Å². The van der Waals surface area contributed by atoms with Gasteiger partial charge in [-0.25, -0.2) is 9.67 Å². The molecule has 0 aliphatic carbocycles. The van der Waals surface area contributed by atoms with Crippen LogP contribution in [0, 0.1) is 0 Å². The van der Waals surface area contributed by atoms with Crippen molar-refractivity contribution in [2.24, 2.45) is 7.05 Å². The molecule has 0 atom stereocenters. The minimum atomic E-state index is 0. The summed E-state index contributed by atoms with van der Waals surface area (Å²) in [7, 11) is 1.91. The van der Waals surface area contributed by atoms with Crippen molar-refractivity contribution >= 4 is 16.9 Å². The Labute approximate surface area is 106 Å². The summed E-state index contributed by atoms with van der Waals surface area (Å²) < 4.78 is 1.80. The van der Waals surface area contributed by atoms with E-state index in [9.17, 15) is 0 Å². The van der Waals surface area contributed by atoms with Crippen molar-refractivity contribution in [1.29, 1.82) is 0 Å². The van der Waals surface area contributed by atoms with Crippen LogP contribution >= 0.6 is 0 Å². The summed E-state index contributed by atoms with van der Waals surface area (Å²) in [5, 5.41) is 8.25. The number of halogens is 1. The predicted molar refractivity (Wildman–Crippen MR) is 62.4 cm³/mol. The summed E-state index contributed by atoms with van der Waals surface area (Å²) in [6.45, 7) is 2.17. The molecule has 1 saturated heterocycles. The molecule has 5 nitrogen and oxygen atoms in total. The number of piperidine rings is 1. The first-order valence-corrected chi connectivity index (χ1v) is 5.75. The molecule has 0 saturated carbocycles. The van der Waals surface area contributed by atoms with Crippen molar-refractivity contribution < 1.29 is 12.4 Å². The van der Waals surface area contributed by atoms with Crippen LogP contribution in [0.15, 0.2) is 12.3 Å². The fraction of sp³-hybridized carbons (Fsp3) is 0.545. The first kappa shape index (κ1) is 12.1. The van der Waals surface area contributed by atoms with E-state index in [-0.39, 0.29) is 12.4 Å². The van der Waals surface area contributed by atoms with E-state index >= 15 is 0 Å². The Balaban J connectivity index is 0.00000108. The van der Waals surface area contributed by atoms with Crippen LogP contribution in [-0.4, -0.2) is 33.1 Å². The molecule has 17 heavy (non-hydrogen) atoms. The molecule has 0 unspecified atom stereocenters. The quantitative estimate of drug-likeness (QED) is 0.611. The molecule has 2 aromatic heterocycles. The van der Waals surface area contributed by atoms with Crippen LogP contribution in [0.25, 0.3) is 11.0 Å². The third-order valence-electron chi connectivity index (χ3n) is 3.17. The van der Waals surface area contributed by atoms with Crippen LogP contribution < -0.4 is 17.3 Å². The number of nitrogens with zero attached hydrogens (tertiary/aromatic N) is 5. The summed E-state index contributed by atoms with van der Waals surface area (Å²) in [5.74, 6) is 0.991. The number of hydrogen-bond donors (Lipinski definition) is 0. The lowest BCUT2D eigenvalue weighted by atomic mass is 10.1. The number of fused-ring (bicyclic) bond motifs is 1. The lowest BCUT2D eigenvalue weighted by Crippen LogP contribution is -3.00. The Bertz CT molecular complexity index is 504. The maximum atomic E-state index is 4.45. The number of hydrogen-bond acceptors (Lipinski definition) is 4. The Kier molecular flexibility index (Phi) is 3.47. The van der Waals surface area contributed by atoms with Crippen LogP contribution in [0.3, 0.4) is 0 Å². The Morgan fingerprint density at radius 2 is 1.94 bits per heavy atom. The van der Waals surface area contributed by atoms with Crippen LogP contribution in [-0.2, 0) is 7.05 Å². The summed E-state index contributed by atoms with van der Waals surface area (Å²) in [6, 6.07) is 1.96. The average Bonchev–Trinajstić information content (AvgIpc) is 2.73. The predicted octanol–water partition coefficient (Wildman–Crippen LogP) is -1.64. The fourth-order valence-corrected chi connectivity index (χ4v) is 2.29. The maximum Gasteiger partial charge on any atom is 0.158 e. The fourth-order valence-electron chi connectivity index (χ4n) is 2.29. The minimum Gasteiger partial charge on any atom is -1.00 e. The Morgan fingerprint density at radius 3 is 2.71 bits per heavy atom. The number of pyridine rings is 1. The molecule has 0 radical (unpaired) electrons. The van der Waals surface area contributed by atoms with Crippen molar-refractivity contribution in [1.82, 2.24) is 20.0 Å². The van der Waals surface area contributed by atoms with Crippen LogP contribution in [0.4, 0.5) is 5.82 Å². The molecule has 0 N–H and O–H groups in total. The summed E-state index contributed by atoms with van der Waals surface area (Å²) in [4.78, 5) is 6.77. The normalized spacial score (nSPS) is 15.9. The van der Waals surface area contributed by atoms with Crippen molar-refractivity contribution in [2.45, 2.75) is 19.3 Å². The van der Waals surface area contributed by atoms with Crippen molar-refractivity contribution in [2.75, 3.05) is 18.0 Å². The monoisotopic (exact) mass is 252 g/mol. The second-order valence-electron chi connectivity index (χ2n) is 4.26. The maximum absolute atomic E-state index is 4.45. The molecule has 0 spiro atoms. The van der Waals surface area contributed by atoms with Gasteiger partial charge in [0.1, 0.15) is 0 Å². The zero-order chi connectivity index (χ0) is 11.0. The molecule has 0 aromatic carbocycles. The highest BCUT2D eigenvalue weighted by Gasteiger charge is 2.17. The number of aromatic nitrogens is 4. The van der Waals surface area contributed by atoms with Gasteiger partial charge >= 0.3 is 0 Å². The first-order valence-electron chi connectivity index (χ1n) is 5.75. The molecule has 1 aliphatic heterocycles. The molecule has 6 heteroatoms. The van der Waals surface area contributed by atoms with Crippen LogP contribution in [0.2, 0.25) is 0 Å². The van der Waals surface area contributed by atoms with Gasteiger partial charge < -0.3 is 17.3 Å². The van der Waals surface area contributed by atoms with Crippen LogP contribution in [0.1, 0.15) is 19.3 Å². The van der Waals surface area contributed by atoms with Gasteiger partial charge in [-0.15, -0.1) is 5.10 Å². The smallest absolute Gasteiger partial charge is 0.158 e. The van der Waals surface area contributed by atoms with Crippen LogP contribution in [0.5, 0.6) is 0 Å². The molecule has 2 aromatic rings. The molecule has 1 aliphatic rings. The number of anilines is 1. The third kappa shape index (κ3) is 2.07. The van der Waals surface area contributed by atoms with Crippen molar-refractivity contribution in [3.8, 4) is 0 Å². The SMILES string of the molecule is Cn1nnc2c(N3CCCCC3)nccc21.[Cl-]. The summed E-state index contributed by atoms with van der Waals surface area (Å²) >= 11 is 0.